The van der Waals surface area contributed by atoms with Gasteiger partial charge in [-0.3, -0.25) is 0 Å². The summed E-state index contributed by atoms with van der Waals surface area (Å²) in [4.78, 5) is 11.5. The highest BCUT2D eigenvalue weighted by Gasteiger charge is 2.15. The molecule has 0 fully saturated rings. The third kappa shape index (κ3) is 3.52. The van der Waals surface area contributed by atoms with E-state index in [9.17, 15) is 9.90 Å². The molecule has 2 aromatic heterocycles. The van der Waals surface area contributed by atoms with Crippen LogP contribution in [0.4, 0.5) is 0 Å². The van der Waals surface area contributed by atoms with Gasteiger partial charge in [0.25, 0.3) is 0 Å². The first-order chi connectivity index (χ1) is 13.2. The molecule has 1 N–H and O–H groups in total. The summed E-state index contributed by atoms with van der Waals surface area (Å²) in [5, 5.41) is 21.5. The van der Waals surface area contributed by atoms with Crippen LogP contribution in [0.25, 0.3) is 29.3 Å². The SMILES string of the molecule is O=C(O)c1nn(-c2ccccc2)cc1/C=C/c1nnc(-c2ccccc2)o1. The Balaban J connectivity index is 1.63. The summed E-state index contributed by atoms with van der Waals surface area (Å²) in [7, 11) is 0. The molecule has 7 heteroatoms. The van der Waals surface area contributed by atoms with E-state index in [1.807, 2.05) is 60.7 Å². The van der Waals surface area contributed by atoms with Gasteiger partial charge in [0, 0.05) is 23.4 Å². The Kier molecular flexibility index (Phi) is 4.32. The lowest BCUT2D eigenvalue weighted by atomic mass is 10.2. The molecular formula is C20H14N4O3. The summed E-state index contributed by atoms with van der Waals surface area (Å²) in [6, 6.07) is 18.7. The van der Waals surface area contributed by atoms with Crippen molar-refractivity contribution < 1.29 is 14.3 Å². The zero-order chi connectivity index (χ0) is 18.6. The highest BCUT2D eigenvalue weighted by Crippen LogP contribution is 2.19. The Morgan fingerprint density at radius 2 is 1.67 bits per heavy atom. The second-order valence-electron chi connectivity index (χ2n) is 5.66. The number of aromatic carboxylic acids is 1. The van der Waals surface area contributed by atoms with E-state index >= 15 is 0 Å². The lowest BCUT2D eigenvalue weighted by molar-refractivity contribution is 0.0689. The maximum absolute atomic E-state index is 11.5. The molecule has 4 rings (SSSR count). The van der Waals surface area contributed by atoms with Gasteiger partial charge >= 0.3 is 5.97 Å². The number of carboxylic acid groups (broad SMARTS) is 1. The van der Waals surface area contributed by atoms with Crippen molar-refractivity contribution in [2.75, 3.05) is 0 Å². The first kappa shape index (κ1) is 16.5. The highest BCUT2D eigenvalue weighted by atomic mass is 16.4. The molecule has 7 nitrogen and oxygen atoms in total. The monoisotopic (exact) mass is 358 g/mol. The minimum atomic E-state index is -1.11. The number of rotatable bonds is 5. The van der Waals surface area contributed by atoms with E-state index in [0.717, 1.165) is 11.3 Å². The fourth-order valence-corrected chi connectivity index (χ4v) is 2.55. The molecule has 0 spiro atoms. The van der Waals surface area contributed by atoms with E-state index in [2.05, 4.69) is 15.3 Å². The minimum Gasteiger partial charge on any atom is -0.476 e. The van der Waals surface area contributed by atoms with Crippen molar-refractivity contribution >= 4 is 18.1 Å². The van der Waals surface area contributed by atoms with Gasteiger partial charge in [0.2, 0.25) is 11.8 Å². The van der Waals surface area contributed by atoms with Crippen LogP contribution < -0.4 is 0 Å². The predicted molar refractivity (Wildman–Crippen MR) is 99.2 cm³/mol. The van der Waals surface area contributed by atoms with Crippen LogP contribution in [-0.4, -0.2) is 31.1 Å². The second kappa shape index (κ2) is 7.09. The summed E-state index contributed by atoms with van der Waals surface area (Å²) < 4.78 is 7.12. The van der Waals surface area contributed by atoms with Gasteiger partial charge in [-0.05, 0) is 30.3 Å². The fourth-order valence-electron chi connectivity index (χ4n) is 2.55. The van der Waals surface area contributed by atoms with Gasteiger partial charge in [0.1, 0.15) is 0 Å². The number of hydrogen-bond acceptors (Lipinski definition) is 5. The molecule has 0 aliphatic heterocycles. The van der Waals surface area contributed by atoms with Crippen molar-refractivity contribution in [2.24, 2.45) is 0 Å². The van der Waals surface area contributed by atoms with Crippen molar-refractivity contribution in [1.29, 1.82) is 0 Å². The number of hydrogen-bond donors (Lipinski definition) is 1. The van der Waals surface area contributed by atoms with Crippen LogP contribution in [-0.2, 0) is 0 Å². The molecule has 0 atom stereocenters. The Labute approximate surface area is 154 Å². The third-order valence-corrected chi connectivity index (χ3v) is 3.83. The minimum absolute atomic E-state index is 0.0575. The zero-order valence-corrected chi connectivity index (χ0v) is 14.1. The molecule has 2 heterocycles. The standard InChI is InChI=1S/C20H14N4O3/c25-20(26)18-15(13-24(23-18)16-9-5-2-6-10-16)11-12-17-21-22-19(27-17)14-7-3-1-4-8-14/h1-13H,(H,25,26)/b12-11+. The van der Waals surface area contributed by atoms with Crippen molar-refractivity contribution in [1.82, 2.24) is 20.0 Å². The van der Waals surface area contributed by atoms with Gasteiger partial charge in [-0.15, -0.1) is 10.2 Å². The van der Waals surface area contributed by atoms with Crippen molar-refractivity contribution in [3.8, 4) is 17.1 Å². The van der Waals surface area contributed by atoms with E-state index in [1.54, 1.807) is 18.3 Å². The molecule has 0 aliphatic rings. The number of carbonyl (C=O) groups is 1. The molecule has 0 saturated heterocycles. The quantitative estimate of drug-likeness (QED) is 0.583. The van der Waals surface area contributed by atoms with Crippen LogP contribution in [0, 0.1) is 0 Å². The lowest BCUT2D eigenvalue weighted by Crippen LogP contribution is -2.01. The number of para-hydroxylation sites is 1. The Hall–Kier alpha value is -4.00. The normalized spacial score (nSPS) is 11.1. The molecule has 27 heavy (non-hydrogen) atoms. The number of carboxylic acids is 1. The van der Waals surface area contributed by atoms with Crippen molar-refractivity contribution in [2.45, 2.75) is 0 Å². The van der Waals surface area contributed by atoms with Crippen LogP contribution in [0.1, 0.15) is 21.9 Å². The zero-order valence-electron chi connectivity index (χ0n) is 14.1. The molecule has 0 radical (unpaired) electrons. The first-order valence-corrected chi connectivity index (χ1v) is 8.16. The predicted octanol–water partition coefficient (Wildman–Crippen LogP) is 3.79. The van der Waals surface area contributed by atoms with E-state index in [4.69, 9.17) is 4.42 Å². The topological polar surface area (TPSA) is 94.0 Å². The highest BCUT2D eigenvalue weighted by molar-refractivity contribution is 5.91. The molecule has 132 valence electrons. The number of nitrogens with zero attached hydrogens (tertiary/aromatic N) is 4. The number of benzene rings is 2. The molecular weight excluding hydrogens is 344 g/mol. The maximum Gasteiger partial charge on any atom is 0.357 e. The van der Waals surface area contributed by atoms with Gasteiger partial charge in [-0.2, -0.15) is 5.10 Å². The molecule has 0 bridgehead atoms. The largest absolute Gasteiger partial charge is 0.476 e. The van der Waals surface area contributed by atoms with Crippen LogP contribution >= 0.6 is 0 Å². The van der Waals surface area contributed by atoms with Crippen LogP contribution in [0.15, 0.2) is 71.3 Å². The third-order valence-electron chi connectivity index (χ3n) is 3.83. The average molecular weight is 358 g/mol. The second-order valence-corrected chi connectivity index (χ2v) is 5.66. The van der Waals surface area contributed by atoms with Gasteiger partial charge in [-0.25, -0.2) is 9.48 Å². The molecule has 0 saturated carbocycles. The van der Waals surface area contributed by atoms with E-state index < -0.39 is 5.97 Å². The summed E-state index contributed by atoms with van der Waals surface area (Å²) in [5.74, 6) is -0.439. The fraction of sp³-hybridized carbons (Fsp3) is 0. The average Bonchev–Trinajstić information content (AvgIpc) is 3.35. The van der Waals surface area contributed by atoms with Crippen molar-refractivity contribution in [3.05, 3.63) is 84.0 Å². The smallest absolute Gasteiger partial charge is 0.357 e. The summed E-state index contributed by atoms with van der Waals surface area (Å²) in [6.45, 7) is 0. The van der Waals surface area contributed by atoms with E-state index in [1.165, 1.54) is 4.68 Å². The summed E-state index contributed by atoms with van der Waals surface area (Å²) >= 11 is 0. The molecule has 0 amide bonds. The Morgan fingerprint density at radius 3 is 2.37 bits per heavy atom. The Bertz CT molecular complexity index is 1100. The van der Waals surface area contributed by atoms with E-state index in [0.29, 0.717) is 11.5 Å². The first-order valence-electron chi connectivity index (χ1n) is 8.16. The molecule has 2 aromatic carbocycles. The summed E-state index contributed by atoms with van der Waals surface area (Å²) in [6.07, 6.45) is 4.81. The molecule has 0 unspecified atom stereocenters. The summed E-state index contributed by atoms with van der Waals surface area (Å²) in [5.41, 5.74) is 1.96. The van der Waals surface area contributed by atoms with Gasteiger partial charge < -0.3 is 9.52 Å². The van der Waals surface area contributed by atoms with Crippen LogP contribution in [0.2, 0.25) is 0 Å². The van der Waals surface area contributed by atoms with Crippen molar-refractivity contribution in [3.63, 3.8) is 0 Å². The van der Waals surface area contributed by atoms with Crippen LogP contribution in [0.3, 0.4) is 0 Å². The number of aromatic nitrogens is 4. The lowest BCUT2D eigenvalue weighted by Gasteiger charge is -1.98. The van der Waals surface area contributed by atoms with Gasteiger partial charge in [-0.1, -0.05) is 36.4 Å². The maximum atomic E-state index is 11.5. The van der Waals surface area contributed by atoms with E-state index in [-0.39, 0.29) is 11.6 Å². The Morgan fingerprint density at radius 1 is 0.963 bits per heavy atom. The van der Waals surface area contributed by atoms with Crippen LogP contribution in [0.5, 0.6) is 0 Å². The van der Waals surface area contributed by atoms with Gasteiger partial charge in [0.05, 0.1) is 5.69 Å². The molecule has 4 aromatic rings. The molecule has 0 aliphatic carbocycles. The van der Waals surface area contributed by atoms with Gasteiger partial charge in [0.15, 0.2) is 5.69 Å².